The van der Waals surface area contributed by atoms with Crippen molar-refractivity contribution in [3.8, 4) is 0 Å². The van der Waals surface area contributed by atoms with Gasteiger partial charge in [-0.3, -0.25) is 0 Å². The average Bonchev–Trinajstić information content (AvgIpc) is 2.66. The van der Waals surface area contributed by atoms with Gasteiger partial charge in [-0.05, 0) is 31.0 Å². The summed E-state index contributed by atoms with van der Waals surface area (Å²) in [6.07, 6.45) is 1.34. The summed E-state index contributed by atoms with van der Waals surface area (Å²) >= 11 is 0. The van der Waals surface area contributed by atoms with Crippen molar-refractivity contribution < 1.29 is 23.1 Å². The number of sulfone groups is 1. The topological polar surface area (TPSA) is 80.7 Å². The van der Waals surface area contributed by atoms with Gasteiger partial charge in [0.25, 0.3) is 0 Å². The van der Waals surface area contributed by atoms with E-state index in [0.29, 0.717) is 5.56 Å². The maximum Gasteiger partial charge on any atom is 0.330 e. The SMILES string of the molecule is CCOC(=O)/C=C\C(CC(O)c1ccccc1)S(=O)(=O)c1ccccc1. The molecule has 0 aliphatic rings. The Bertz CT molecular complexity index is 829. The molecule has 0 saturated heterocycles. The van der Waals surface area contributed by atoms with Crippen LogP contribution >= 0.6 is 0 Å². The Labute approximate surface area is 153 Å². The second kappa shape index (κ2) is 9.31. The monoisotopic (exact) mass is 374 g/mol. The molecule has 2 aromatic carbocycles. The largest absolute Gasteiger partial charge is 0.463 e. The van der Waals surface area contributed by atoms with Gasteiger partial charge < -0.3 is 9.84 Å². The Morgan fingerprint density at radius 2 is 1.65 bits per heavy atom. The highest BCUT2D eigenvalue weighted by atomic mass is 32.2. The van der Waals surface area contributed by atoms with Gasteiger partial charge in [0, 0.05) is 6.08 Å². The summed E-state index contributed by atoms with van der Waals surface area (Å²) in [7, 11) is -3.77. The van der Waals surface area contributed by atoms with E-state index in [4.69, 9.17) is 4.74 Å². The van der Waals surface area contributed by atoms with Crippen LogP contribution in [0.5, 0.6) is 0 Å². The van der Waals surface area contributed by atoms with Gasteiger partial charge in [0.1, 0.15) is 0 Å². The fourth-order valence-corrected chi connectivity index (χ4v) is 4.11. The summed E-state index contributed by atoms with van der Waals surface area (Å²) in [5.74, 6) is -0.616. The Kier molecular flexibility index (Phi) is 7.12. The van der Waals surface area contributed by atoms with Crippen LogP contribution in [0, 0.1) is 0 Å². The van der Waals surface area contributed by atoms with Crippen LogP contribution in [-0.4, -0.2) is 31.4 Å². The summed E-state index contributed by atoms with van der Waals surface area (Å²) in [5, 5.41) is 9.39. The summed E-state index contributed by atoms with van der Waals surface area (Å²) in [6.45, 7) is 1.87. The molecule has 1 N–H and O–H groups in total. The van der Waals surface area contributed by atoms with Crippen molar-refractivity contribution in [3.05, 3.63) is 78.4 Å². The molecule has 2 rings (SSSR count). The second-order valence-electron chi connectivity index (χ2n) is 5.67. The molecule has 0 aliphatic heterocycles. The third-order valence-corrected chi connectivity index (χ3v) is 5.92. The standard InChI is InChI=1S/C20H22O5S/c1-2-25-20(22)14-13-18(15-19(21)16-9-5-3-6-10-16)26(23,24)17-11-7-4-8-12-17/h3-14,18-19,21H,2,15H2,1H3/b14-13-. The van der Waals surface area contributed by atoms with Crippen LogP contribution in [0.25, 0.3) is 0 Å². The molecule has 0 aromatic heterocycles. The third kappa shape index (κ3) is 5.28. The predicted octanol–water partition coefficient (Wildman–Crippen LogP) is 3.07. The van der Waals surface area contributed by atoms with Gasteiger partial charge in [-0.25, -0.2) is 13.2 Å². The molecule has 0 bridgehead atoms. The number of hydrogen-bond donors (Lipinski definition) is 1. The molecule has 6 heteroatoms. The highest BCUT2D eigenvalue weighted by Gasteiger charge is 2.28. The lowest BCUT2D eigenvalue weighted by Gasteiger charge is -2.18. The Morgan fingerprint density at radius 1 is 1.08 bits per heavy atom. The minimum absolute atomic E-state index is 0.0723. The van der Waals surface area contributed by atoms with E-state index in [-0.39, 0.29) is 17.9 Å². The van der Waals surface area contributed by atoms with E-state index in [1.807, 2.05) is 6.07 Å². The zero-order valence-corrected chi connectivity index (χ0v) is 15.3. The van der Waals surface area contributed by atoms with E-state index >= 15 is 0 Å². The third-order valence-electron chi connectivity index (χ3n) is 3.84. The van der Waals surface area contributed by atoms with Crippen molar-refractivity contribution in [1.29, 1.82) is 0 Å². The van der Waals surface area contributed by atoms with Crippen molar-refractivity contribution in [2.45, 2.75) is 29.6 Å². The molecule has 26 heavy (non-hydrogen) atoms. The molecule has 2 atom stereocenters. The fourth-order valence-electron chi connectivity index (χ4n) is 2.50. The molecule has 5 nitrogen and oxygen atoms in total. The minimum Gasteiger partial charge on any atom is -0.463 e. The summed E-state index contributed by atoms with van der Waals surface area (Å²) in [6, 6.07) is 16.8. The first-order chi connectivity index (χ1) is 12.4. The van der Waals surface area contributed by atoms with E-state index in [9.17, 15) is 18.3 Å². The maximum absolute atomic E-state index is 13.0. The lowest BCUT2D eigenvalue weighted by molar-refractivity contribution is -0.137. The van der Waals surface area contributed by atoms with E-state index in [2.05, 4.69) is 0 Å². The number of hydrogen-bond acceptors (Lipinski definition) is 5. The molecular formula is C20H22O5S. The first-order valence-corrected chi connectivity index (χ1v) is 9.86. The van der Waals surface area contributed by atoms with Crippen LogP contribution < -0.4 is 0 Å². The number of rotatable bonds is 8. The first kappa shape index (κ1) is 19.9. The minimum atomic E-state index is -3.77. The molecule has 0 aliphatic carbocycles. The highest BCUT2D eigenvalue weighted by molar-refractivity contribution is 7.92. The molecule has 2 unspecified atom stereocenters. The summed E-state index contributed by atoms with van der Waals surface area (Å²) in [4.78, 5) is 11.7. The van der Waals surface area contributed by atoms with Gasteiger partial charge in [0.15, 0.2) is 9.84 Å². The Hall–Kier alpha value is -2.44. The molecule has 0 amide bonds. The molecule has 2 aromatic rings. The zero-order chi connectivity index (χ0) is 19.0. The number of aliphatic hydroxyl groups excluding tert-OH is 1. The quantitative estimate of drug-likeness (QED) is 0.567. The van der Waals surface area contributed by atoms with Crippen LogP contribution in [-0.2, 0) is 19.4 Å². The number of carbonyl (C=O) groups excluding carboxylic acids is 1. The Morgan fingerprint density at radius 3 is 2.23 bits per heavy atom. The van der Waals surface area contributed by atoms with Crippen LogP contribution in [0.15, 0.2) is 77.7 Å². The number of ether oxygens (including phenoxy) is 1. The number of benzene rings is 2. The average molecular weight is 374 g/mol. The van der Waals surface area contributed by atoms with Crippen molar-refractivity contribution in [2.75, 3.05) is 6.61 Å². The van der Waals surface area contributed by atoms with Crippen molar-refractivity contribution in [2.24, 2.45) is 0 Å². The Balaban J connectivity index is 2.31. The normalized spacial score (nSPS) is 14.1. The van der Waals surface area contributed by atoms with Crippen LogP contribution in [0.2, 0.25) is 0 Å². The maximum atomic E-state index is 13.0. The second-order valence-corrected chi connectivity index (χ2v) is 7.84. The van der Waals surface area contributed by atoms with Crippen molar-refractivity contribution in [3.63, 3.8) is 0 Å². The lowest BCUT2D eigenvalue weighted by atomic mass is 10.0. The van der Waals surface area contributed by atoms with Crippen molar-refractivity contribution >= 4 is 15.8 Å². The van der Waals surface area contributed by atoms with Gasteiger partial charge in [0.2, 0.25) is 0 Å². The van der Waals surface area contributed by atoms with E-state index in [1.54, 1.807) is 49.4 Å². The van der Waals surface area contributed by atoms with E-state index in [1.165, 1.54) is 18.2 Å². The highest BCUT2D eigenvalue weighted by Crippen LogP contribution is 2.26. The molecule has 0 heterocycles. The zero-order valence-electron chi connectivity index (χ0n) is 14.5. The number of aliphatic hydroxyl groups is 1. The molecule has 0 spiro atoms. The number of esters is 1. The number of carbonyl (C=O) groups is 1. The van der Waals surface area contributed by atoms with Gasteiger partial charge in [-0.2, -0.15) is 0 Å². The summed E-state index contributed by atoms with van der Waals surface area (Å²) in [5.41, 5.74) is 0.616. The van der Waals surface area contributed by atoms with E-state index < -0.39 is 27.2 Å². The first-order valence-electron chi connectivity index (χ1n) is 8.32. The van der Waals surface area contributed by atoms with Crippen molar-refractivity contribution in [1.82, 2.24) is 0 Å². The molecule has 0 saturated carbocycles. The molecule has 0 fully saturated rings. The summed E-state index contributed by atoms with van der Waals surface area (Å²) < 4.78 is 30.7. The smallest absolute Gasteiger partial charge is 0.330 e. The lowest BCUT2D eigenvalue weighted by Crippen LogP contribution is -2.22. The van der Waals surface area contributed by atoms with Gasteiger partial charge in [-0.15, -0.1) is 0 Å². The van der Waals surface area contributed by atoms with Gasteiger partial charge in [-0.1, -0.05) is 54.6 Å². The molecule has 138 valence electrons. The van der Waals surface area contributed by atoms with Crippen LogP contribution in [0.4, 0.5) is 0 Å². The van der Waals surface area contributed by atoms with Crippen LogP contribution in [0.3, 0.4) is 0 Å². The fraction of sp³-hybridized carbons (Fsp3) is 0.250. The van der Waals surface area contributed by atoms with Crippen LogP contribution in [0.1, 0.15) is 25.0 Å². The van der Waals surface area contributed by atoms with Gasteiger partial charge in [0.05, 0.1) is 22.9 Å². The molecular weight excluding hydrogens is 352 g/mol. The van der Waals surface area contributed by atoms with Gasteiger partial charge >= 0.3 is 5.97 Å². The predicted molar refractivity (Wildman–Crippen MR) is 99.2 cm³/mol. The molecule has 0 radical (unpaired) electrons. The van der Waals surface area contributed by atoms with E-state index in [0.717, 1.165) is 6.08 Å².